The van der Waals surface area contributed by atoms with E-state index < -0.39 is 17.7 Å². The number of ketones is 1. The van der Waals surface area contributed by atoms with Gasteiger partial charge < -0.3 is 19.9 Å². The number of hydrogen-bond acceptors (Lipinski definition) is 5. The molecule has 7 heteroatoms. The minimum atomic E-state index is -0.864. The molecule has 1 aromatic rings. The lowest BCUT2D eigenvalue weighted by Crippen LogP contribution is -2.31. The van der Waals surface area contributed by atoms with Crippen molar-refractivity contribution in [3.8, 4) is 11.5 Å². The molecule has 2 N–H and O–H groups in total. The molecule has 0 saturated heterocycles. The van der Waals surface area contributed by atoms with Crippen molar-refractivity contribution in [1.82, 2.24) is 5.32 Å². The van der Waals surface area contributed by atoms with Gasteiger partial charge in [0.15, 0.2) is 0 Å². The number of hydrogen-bond donors (Lipinski definition) is 2. The zero-order chi connectivity index (χ0) is 21.3. The Bertz CT molecular complexity index is 614. The molecule has 0 saturated carbocycles. The molecule has 1 aromatic carbocycles. The number of nitrogens with one attached hydrogen (secondary N) is 1. The third kappa shape index (κ3) is 12.5. The fourth-order valence-corrected chi connectivity index (χ4v) is 2.59. The molecule has 29 heavy (non-hydrogen) atoms. The molecule has 1 amide bonds. The van der Waals surface area contributed by atoms with Crippen molar-refractivity contribution in [2.24, 2.45) is 0 Å². The highest BCUT2D eigenvalue weighted by atomic mass is 16.5. The van der Waals surface area contributed by atoms with Crippen LogP contribution in [0.5, 0.6) is 11.5 Å². The molecule has 0 aromatic heterocycles. The molecule has 1 rings (SSSR count). The van der Waals surface area contributed by atoms with Crippen LogP contribution in [-0.4, -0.2) is 42.5 Å². The van der Waals surface area contributed by atoms with Gasteiger partial charge in [0, 0.05) is 19.4 Å². The Morgan fingerprint density at radius 3 is 2.03 bits per heavy atom. The number of unbranched alkanes of at least 4 members (excludes halogenated alkanes) is 4. The first-order chi connectivity index (χ1) is 14.0. The van der Waals surface area contributed by atoms with Crippen LogP contribution >= 0.6 is 0 Å². The first kappa shape index (κ1) is 24.5. The molecular formula is C22H33NO6. The molecule has 0 fully saturated rings. The van der Waals surface area contributed by atoms with Crippen LogP contribution in [0.1, 0.15) is 64.7 Å². The van der Waals surface area contributed by atoms with Gasteiger partial charge in [-0.15, -0.1) is 0 Å². The number of ether oxygens (including phenoxy) is 2. The van der Waals surface area contributed by atoms with E-state index in [1.165, 1.54) is 19.3 Å². The number of rotatable bonds is 17. The third-order valence-corrected chi connectivity index (χ3v) is 4.26. The van der Waals surface area contributed by atoms with E-state index in [-0.39, 0.29) is 12.8 Å². The summed E-state index contributed by atoms with van der Waals surface area (Å²) in [5, 5.41) is 11.0. The zero-order valence-electron chi connectivity index (χ0n) is 17.3. The largest absolute Gasteiger partial charge is 0.494 e. The molecule has 0 heterocycles. The monoisotopic (exact) mass is 407 g/mol. The van der Waals surface area contributed by atoms with Crippen LogP contribution in [0.2, 0.25) is 0 Å². The highest BCUT2D eigenvalue weighted by molar-refractivity contribution is 6.36. The molecule has 162 valence electrons. The van der Waals surface area contributed by atoms with Crippen LogP contribution in [0.15, 0.2) is 24.3 Å². The van der Waals surface area contributed by atoms with Crippen molar-refractivity contribution in [2.75, 3.05) is 19.8 Å². The van der Waals surface area contributed by atoms with E-state index in [2.05, 4.69) is 12.2 Å². The van der Waals surface area contributed by atoms with E-state index in [9.17, 15) is 14.4 Å². The van der Waals surface area contributed by atoms with Gasteiger partial charge in [-0.05, 0) is 49.9 Å². The number of Topliss-reactive ketones (excluding diaryl/α,β-unsaturated/α-hetero) is 1. The Kier molecular flexibility index (Phi) is 13.0. The summed E-state index contributed by atoms with van der Waals surface area (Å²) in [7, 11) is 0. The summed E-state index contributed by atoms with van der Waals surface area (Å²) in [6.45, 7) is 3.54. The molecule has 0 aliphatic heterocycles. The van der Waals surface area contributed by atoms with Crippen molar-refractivity contribution in [1.29, 1.82) is 0 Å². The van der Waals surface area contributed by atoms with Gasteiger partial charge in [0.25, 0.3) is 5.91 Å². The minimum absolute atomic E-state index is 0.0627. The number of amides is 1. The molecule has 0 radical (unpaired) electrons. The standard InChI is InChI=1S/C22H33NO6/c1-2-3-4-7-16-28-18-11-13-19(14-12-18)29-17-8-9-20(24)22(27)23-15-6-5-10-21(25)26/h11-14H,2-10,15-17H2,1H3,(H,23,27)(H,25,26). The summed E-state index contributed by atoms with van der Waals surface area (Å²) in [5.74, 6) is -0.473. The maximum Gasteiger partial charge on any atom is 0.303 e. The predicted octanol–water partition coefficient (Wildman–Crippen LogP) is 3.74. The Morgan fingerprint density at radius 2 is 1.45 bits per heavy atom. The van der Waals surface area contributed by atoms with E-state index in [1.807, 2.05) is 24.3 Å². The first-order valence-corrected chi connectivity index (χ1v) is 10.4. The summed E-state index contributed by atoms with van der Waals surface area (Å²) in [6, 6.07) is 7.37. The maximum absolute atomic E-state index is 11.8. The maximum atomic E-state index is 11.8. The predicted molar refractivity (Wildman–Crippen MR) is 110 cm³/mol. The van der Waals surface area contributed by atoms with Gasteiger partial charge >= 0.3 is 5.97 Å². The number of carbonyl (C=O) groups is 3. The van der Waals surface area contributed by atoms with Crippen molar-refractivity contribution in [3.05, 3.63) is 24.3 Å². The summed E-state index contributed by atoms with van der Waals surface area (Å²) < 4.78 is 11.3. The van der Waals surface area contributed by atoms with Crippen molar-refractivity contribution < 1.29 is 29.0 Å². The van der Waals surface area contributed by atoms with Crippen LogP contribution in [-0.2, 0) is 14.4 Å². The quantitative estimate of drug-likeness (QED) is 0.301. The van der Waals surface area contributed by atoms with E-state index >= 15 is 0 Å². The molecule has 7 nitrogen and oxygen atoms in total. The Balaban J connectivity index is 2.11. The third-order valence-electron chi connectivity index (χ3n) is 4.26. The molecule has 0 aliphatic rings. The van der Waals surface area contributed by atoms with Crippen molar-refractivity contribution >= 4 is 17.7 Å². The van der Waals surface area contributed by atoms with Gasteiger partial charge in [-0.1, -0.05) is 26.2 Å². The molecule has 0 unspecified atom stereocenters. The van der Waals surface area contributed by atoms with Crippen LogP contribution in [0, 0.1) is 0 Å². The molecule has 0 aliphatic carbocycles. The SMILES string of the molecule is CCCCCCOc1ccc(OCCCC(=O)C(=O)NCCCCC(=O)O)cc1. The Hall–Kier alpha value is -2.57. The van der Waals surface area contributed by atoms with Gasteiger partial charge in [0.1, 0.15) is 11.5 Å². The summed E-state index contributed by atoms with van der Waals surface area (Å²) in [5.41, 5.74) is 0. The van der Waals surface area contributed by atoms with Gasteiger partial charge in [-0.25, -0.2) is 0 Å². The van der Waals surface area contributed by atoms with Crippen molar-refractivity contribution in [2.45, 2.75) is 64.7 Å². The number of carbonyl (C=O) groups excluding carboxylic acids is 2. The molecular weight excluding hydrogens is 374 g/mol. The van der Waals surface area contributed by atoms with Gasteiger partial charge in [-0.2, -0.15) is 0 Å². The second-order valence-corrected chi connectivity index (χ2v) is 6.86. The lowest BCUT2D eigenvalue weighted by atomic mass is 10.2. The Morgan fingerprint density at radius 1 is 0.828 bits per heavy atom. The fourth-order valence-electron chi connectivity index (χ4n) is 2.59. The number of carboxylic acid groups (broad SMARTS) is 1. The van der Waals surface area contributed by atoms with Gasteiger partial charge in [-0.3, -0.25) is 14.4 Å². The fraction of sp³-hybridized carbons (Fsp3) is 0.591. The highest BCUT2D eigenvalue weighted by Gasteiger charge is 2.12. The molecule has 0 bridgehead atoms. The summed E-state index contributed by atoms with van der Waals surface area (Å²) in [6.07, 6.45) is 6.29. The average molecular weight is 408 g/mol. The van der Waals surface area contributed by atoms with E-state index in [0.717, 1.165) is 12.2 Å². The normalized spacial score (nSPS) is 10.4. The van der Waals surface area contributed by atoms with Crippen molar-refractivity contribution in [3.63, 3.8) is 0 Å². The average Bonchev–Trinajstić information content (AvgIpc) is 2.71. The summed E-state index contributed by atoms with van der Waals surface area (Å²) >= 11 is 0. The Labute approximate surface area is 172 Å². The summed E-state index contributed by atoms with van der Waals surface area (Å²) in [4.78, 5) is 33.8. The number of carboxylic acids is 1. The highest BCUT2D eigenvalue weighted by Crippen LogP contribution is 2.18. The molecule has 0 spiro atoms. The first-order valence-electron chi connectivity index (χ1n) is 10.4. The zero-order valence-corrected chi connectivity index (χ0v) is 17.3. The van der Waals surface area contributed by atoms with Crippen LogP contribution in [0.4, 0.5) is 0 Å². The van der Waals surface area contributed by atoms with E-state index in [1.54, 1.807) is 0 Å². The smallest absolute Gasteiger partial charge is 0.303 e. The second-order valence-electron chi connectivity index (χ2n) is 6.86. The lowest BCUT2D eigenvalue weighted by Gasteiger charge is -2.09. The van der Waals surface area contributed by atoms with Crippen LogP contribution in [0.25, 0.3) is 0 Å². The topological polar surface area (TPSA) is 102 Å². The minimum Gasteiger partial charge on any atom is -0.494 e. The van der Waals surface area contributed by atoms with E-state index in [0.29, 0.717) is 44.8 Å². The molecule has 0 atom stereocenters. The lowest BCUT2D eigenvalue weighted by molar-refractivity contribution is -0.138. The second kappa shape index (κ2) is 15.4. The number of benzene rings is 1. The van der Waals surface area contributed by atoms with E-state index in [4.69, 9.17) is 14.6 Å². The van der Waals surface area contributed by atoms with Gasteiger partial charge in [0.05, 0.1) is 13.2 Å². The number of aliphatic carboxylic acids is 1. The van der Waals surface area contributed by atoms with Crippen LogP contribution < -0.4 is 14.8 Å². The van der Waals surface area contributed by atoms with Gasteiger partial charge in [0.2, 0.25) is 5.78 Å². The van der Waals surface area contributed by atoms with Crippen LogP contribution in [0.3, 0.4) is 0 Å².